The molecule has 198 valence electrons. The normalized spacial score (nSPS) is 16.3. The molecule has 1 unspecified atom stereocenters. The lowest BCUT2D eigenvalue weighted by Crippen LogP contribution is -2.53. The molecule has 1 atom stereocenters. The molecule has 0 saturated carbocycles. The first-order valence-corrected chi connectivity index (χ1v) is 13.1. The molecule has 2 rings (SSSR count). The molecule has 3 N–H and O–H groups in total. The van der Waals surface area contributed by atoms with Gasteiger partial charge in [-0.05, 0) is 64.9 Å². The van der Waals surface area contributed by atoms with Crippen LogP contribution < -0.4 is 15.5 Å². The second-order valence-electron chi connectivity index (χ2n) is 9.40. The van der Waals surface area contributed by atoms with Crippen LogP contribution in [-0.2, 0) is 24.3 Å². The number of sulfonamides is 1. The third-order valence-electron chi connectivity index (χ3n) is 5.90. The summed E-state index contributed by atoms with van der Waals surface area (Å²) in [6, 6.07) is 4.67. The van der Waals surface area contributed by atoms with Gasteiger partial charge in [0.25, 0.3) is 5.91 Å². The summed E-state index contributed by atoms with van der Waals surface area (Å²) in [6.45, 7) is 5.87. The minimum absolute atomic E-state index is 0.0768. The van der Waals surface area contributed by atoms with E-state index in [2.05, 4.69) is 5.32 Å². The zero-order valence-electron chi connectivity index (χ0n) is 21.1. The fourth-order valence-corrected chi connectivity index (χ4v) is 5.38. The minimum atomic E-state index is -4.24. The summed E-state index contributed by atoms with van der Waals surface area (Å²) in [6.07, 6.45) is 1.50. The van der Waals surface area contributed by atoms with E-state index in [0.29, 0.717) is 24.9 Å². The number of hydrogen-bond acceptors (Lipinski definition) is 8. The summed E-state index contributed by atoms with van der Waals surface area (Å²) < 4.78 is 39.0. The van der Waals surface area contributed by atoms with Crippen LogP contribution in [0.3, 0.4) is 0 Å². The number of ether oxygens (including phenoxy) is 2. The maximum absolute atomic E-state index is 13.6. The maximum Gasteiger partial charge on any atom is 0.264 e. The predicted molar refractivity (Wildman–Crippen MR) is 130 cm³/mol. The van der Waals surface area contributed by atoms with E-state index in [0.717, 1.165) is 17.1 Å². The standard InChI is InChI=1S/C23H38N4O7S/c1-23(2,3)34-16-20(22(29)25-30)27(35(31,32)19-8-6-18(33-5)7-9-19)15-12-21(28)26-13-10-17(24-4)11-14-26/h6-9,17,20,24,30H,10-16H2,1-5H3,(H,25,29). The van der Waals surface area contributed by atoms with Gasteiger partial charge in [-0.15, -0.1) is 0 Å². The van der Waals surface area contributed by atoms with Crippen molar-refractivity contribution in [2.75, 3.05) is 40.4 Å². The van der Waals surface area contributed by atoms with Gasteiger partial charge in [0.05, 0.1) is 24.2 Å². The number of piperidine rings is 1. The predicted octanol–water partition coefficient (Wildman–Crippen LogP) is 0.976. The molecule has 35 heavy (non-hydrogen) atoms. The molecule has 1 aromatic carbocycles. The average molecular weight is 515 g/mol. The van der Waals surface area contributed by atoms with Crippen molar-refractivity contribution in [2.45, 2.75) is 62.6 Å². The van der Waals surface area contributed by atoms with Gasteiger partial charge in [-0.2, -0.15) is 4.31 Å². The summed E-state index contributed by atoms with van der Waals surface area (Å²) in [5.74, 6) is -0.681. The lowest BCUT2D eigenvalue weighted by Gasteiger charge is -2.34. The van der Waals surface area contributed by atoms with E-state index >= 15 is 0 Å². The Morgan fingerprint density at radius 2 is 1.80 bits per heavy atom. The summed E-state index contributed by atoms with van der Waals surface area (Å²) in [4.78, 5) is 27.1. The van der Waals surface area contributed by atoms with Crippen LogP contribution >= 0.6 is 0 Å². The second-order valence-corrected chi connectivity index (χ2v) is 11.3. The fraction of sp³-hybridized carbons (Fsp3) is 0.652. The van der Waals surface area contributed by atoms with Crippen LogP contribution in [0.1, 0.15) is 40.0 Å². The Balaban J connectivity index is 2.32. The Morgan fingerprint density at radius 3 is 2.29 bits per heavy atom. The number of nitrogens with one attached hydrogen (secondary N) is 2. The smallest absolute Gasteiger partial charge is 0.264 e. The number of likely N-dealkylation sites (tertiary alicyclic amines) is 1. The van der Waals surface area contributed by atoms with Crippen molar-refractivity contribution in [1.29, 1.82) is 0 Å². The molecule has 1 saturated heterocycles. The fourth-order valence-electron chi connectivity index (χ4n) is 3.80. The third-order valence-corrected chi connectivity index (χ3v) is 7.83. The lowest BCUT2D eigenvalue weighted by atomic mass is 10.1. The largest absolute Gasteiger partial charge is 0.497 e. The number of hydroxylamine groups is 1. The lowest BCUT2D eigenvalue weighted by molar-refractivity contribution is -0.138. The molecule has 1 aromatic rings. The van der Waals surface area contributed by atoms with Crippen molar-refractivity contribution in [3.8, 4) is 5.75 Å². The molecule has 0 bridgehead atoms. The summed E-state index contributed by atoms with van der Waals surface area (Å²) >= 11 is 0. The average Bonchev–Trinajstić information content (AvgIpc) is 2.84. The van der Waals surface area contributed by atoms with Gasteiger partial charge < -0.3 is 19.7 Å². The van der Waals surface area contributed by atoms with E-state index in [1.54, 1.807) is 25.7 Å². The first kappa shape index (κ1) is 29.0. The van der Waals surface area contributed by atoms with Gasteiger partial charge in [0.15, 0.2) is 0 Å². The van der Waals surface area contributed by atoms with Crippen molar-refractivity contribution in [3.63, 3.8) is 0 Å². The van der Waals surface area contributed by atoms with Crippen LogP contribution in [0.5, 0.6) is 5.75 Å². The van der Waals surface area contributed by atoms with E-state index in [9.17, 15) is 23.2 Å². The number of carbonyl (C=O) groups excluding carboxylic acids is 2. The number of nitrogens with zero attached hydrogens (tertiary/aromatic N) is 2. The zero-order chi connectivity index (χ0) is 26.2. The van der Waals surface area contributed by atoms with Crippen molar-refractivity contribution in [3.05, 3.63) is 24.3 Å². The highest BCUT2D eigenvalue weighted by Gasteiger charge is 2.38. The van der Waals surface area contributed by atoms with E-state index in [4.69, 9.17) is 9.47 Å². The van der Waals surface area contributed by atoms with Crippen LogP contribution in [0.15, 0.2) is 29.2 Å². The minimum Gasteiger partial charge on any atom is -0.497 e. The Hall–Kier alpha value is -2.25. The number of hydrogen-bond donors (Lipinski definition) is 3. The Bertz CT molecular complexity index is 940. The molecule has 0 radical (unpaired) electrons. The van der Waals surface area contributed by atoms with Crippen molar-refractivity contribution < 1.29 is 32.7 Å². The number of benzene rings is 1. The molecule has 11 nitrogen and oxygen atoms in total. The van der Waals surface area contributed by atoms with Gasteiger partial charge in [0.1, 0.15) is 11.8 Å². The summed E-state index contributed by atoms with van der Waals surface area (Å²) in [5, 5.41) is 12.5. The number of rotatable bonds is 11. The Morgan fingerprint density at radius 1 is 1.20 bits per heavy atom. The van der Waals surface area contributed by atoms with Gasteiger partial charge in [-0.1, -0.05) is 0 Å². The van der Waals surface area contributed by atoms with E-state index in [-0.39, 0.29) is 30.4 Å². The van der Waals surface area contributed by atoms with Crippen LogP contribution in [0.25, 0.3) is 0 Å². The van der Waals surface area contributed by atoms with Gasteiger partial charge in [-0.25, -0.2) is 13.9 Å². The van der Waals surface area contributed by atoms with E-state index < -0.39 is 27.6 Å². The van der Waals surface area contributed by atoms with E-state index in [1.807, 2.05) is 7.05 Å². The molecular weight excluding hydrogens is 476 g/mol. The molecule has 1 aliphatic heterocycles. The van der Waals surface area contributed by atoms with Gasteiger partial charge in [0, 0.05) is 32.1 Å². The van der Waals surface area contributed by atoms with E-state index in [1.165, 1.54) is 36.9 Å². The second kappa shape index (κ2) is 12.6. The summed E-state index contributed by atoms with van der Waals surface area (Å²) in [5.41, 5.74) is 0.869. The molecule has 0 aromatic heterocycles. The topological polar surface area (TPSA) is 138 Å². The highest BCUT2D eigenvalue weighted by molar-refractivity contribution is 7.89. The SMILES string of the molecule is CNC1CCN(C(=O)CCN(C(COC(C)(C)C)C(=O)NO)S(=O)(=O)c2ccc(OC)cc2)CC1. The van der Waals surface area contributed by atoms with Crippen molar-refractivity contribution >= 4 is 21.8 Å². The maximum atomic E-state index is 13.6. The van der Waals surface area contributed by atoms with Gasteiger partial charge in [0.2, 0.25) is 15.9 Å². The highest BCUT2D eigenvalue weighted by Crippen LogP contribution is 2.23. The van der Waals surface area contributed by atoms with Crippen LogP contribution in [0.4, 0.5) is 0 Å². The quantitative estimate of drug-likeness (QED) is 0.294. The molecule has 1 aliphatic rings. The first-order chi connectivity index (χ1) is 16.4. The monoisotopic (exact) mass is 514 g/mol. The molecule has 0 spiro atoms. The molecule has 1 fully saturated rings. The molecule has 12 heteroatoms. The van der Waals surface area contributed by atoms with Gasteiger partial charge in [-0.3, -0.25) is 14.8 Å². The summed E-state index contributed by atoms with van der Waals surface area (Å²) in [7, 11) is -0.893. The number of amides is 2. The molecule has 0 aliphatic carbocycles. The van der Waals surface area contributed by atoms with Crippen LogP contribution in [0, 0.1) is 0 Å². The first-order valence-electron chi connectivity index (χ1n) is 11.6. The van der Waals surface area contributed by atoms with Crippen molar-refractivity contribution in [1.82, 2.24) is 20.0 Å². The number of carbonyl (C=O) groups is 2. The zero-order valence-corrected chi connectivity index (χ0v) is 21.9. The number of methoxy groups -OCH3 is 1. The highest BCUT2D eigenvalue weighted by atomic mass is 32.2. The van der Waals surface area contributed by atoms with Crippen molar-refractivity contribution in [2.24, 2.45) is 0 Å². The Labute approximate surface area is 207 Å². The molecular formula is C23H38N4O7S. The molecule has 2 amide bonds. The molecule has 1 heterocycles. The van der Waals surface area contributed by atoms with Crippen LogP contribution in [-0.4, -0.2) is 92.7 Å². The third kappa shape index (κ3) is 8.14. The van der Waals surface area contributed by atoms with Gasteiger partial charge >= 0.3 is 0 Å². The Kier molecular flexibility index (Phi) is 10.5. The van der Waals surface area contributed by atoms with Crippen LogP contribution in [0.2, 0.25) is 0 Å².